The van der Waals surface area contributed by atoms with Gasteiger partial charge in [-0.1, -0.05) is 29.8 Å². The molecule has 0 aliphatic rings. The lowest BCUT2D eigenvalue weighted by atomic mass is 10.1. The summed E-state index contributed by atoms with van der Waals surface area (Å²) >= 11 is 5.73. The first-order valence-corrected chi connectivity index (χ1v) is 8.85. The van der Waals surface area contributed by atoms with Gasteiger partial charge in [-0.2, -0.15) is 0 Å². The van der Waals surface area contributed by atoms with Crippen LogP contribution in [0.25, 0.3) is 0 Å². The van der Waals surface area contributed by atoms with Crippen molar-refractivity contribution in [1.82, 2.24) is 10.0 Å². The Hall–Kier alpha value is -1.89. The van der Waals surface area contributed by atoms with Crippen LogP contribution >= 0.6 is 11.6 Å². The number of hydrogen-bond donors (Lipinski definition) is 2. The third-order valence-corrected chi connectivity index (χ3v) is 4.95. The Morgan fingerprint density at radius 3 is 2.35 bits per heavy atom. The van der Waals surface area contributed by atoms with Gasteiger partial charge < -0.3 is 5.32 Å². The van der Waals surface area contributed by atoms with Crippen molar-refractivity contribution < 1.29 is 13.2 Å². The first-order chi connectivity index (χ1) is 10.9. The Labute approximate surface area is 140 Å². The maximum absolute atomic E-state index is 12.0. The zero-order valence-corrected chi connectivity index (χ0v) is 14.1. The van der Waals surface area contributed by atoms with Gasteiger partial charge in [-0.05, 0) is 42.8 Å². The molecule has 2 aromatic carbocycles. The molecule has 7 heteroatoms. The number of carbonyl (C=O) groups is 1. The number of amides is 1. The first-order valence-electron chi connectivity index (χ1n) is 6.99. The molecule has 0 atom stereocenters. The van der Waals surface area contributed by atoms with Crippen molar-refractivity contribution in [2.24, 2.45) is 0 Å². The molecule has 0 unspecified atom stereocenters. The molecule has 0 spiro atoms. The lowest BCUT2D eigenvalue weighted by Gasteiger charge is -2.09. The summed E-state index contributed by atoms with van der Waals surface area (Å²) in [5.41, 5.74) is 1.44. The van der Waals surface area contributed by atoms with E-state index in [-0.39, 0.29) is 23.9 Å². The van der Waals surface area contributed by atoms with Crippen LogP contribution in [0, 0.1) is 6.92 Å². The standard InChI is InChI=1S/C16H17ClN2O3S/c1-12-4-2-3-5-15(12)16(20)18-10-11-19-23(21,22)14-8-6-13(17)7-9-14/h2-9,19H,10-11H2,1H3,(H,18,20). The van der Waals surface area contributed by atoms with Crippen molar-refractivity contribution >= 4 is 27.5 Å². The molecule has 0 aliphatic heterocycles. The minimum Gasteiger partial charge on any atom is -0.351 e. The summed E-state index contributed by atoms with van der Waals surface area (Å²) in [5.74, 6) is -0.228. The smallest absolute Gasteiger partial charge is 0.251 e. The van der Waals surface area contributed by atoms with E-state index >= 15 is 0 Å². The highest BCUT2D eigenvalue weighted by molar-refractivity contribution is 7.89. The van der Waals surface area contributed by atoms with Crippen LogP contribution < -0.4 is 10.0 Å². The molecule has 2 aromatic rings. The third-order valence-electron chi connectivity index (χ3n) is 3.22. The van der Waals surface area contributed by atoms with Gasteiger partial charge in [0.05, 0.1) is 4.90 Å². The molecular weight excluding hydrogens is 336 g/mol. The second kappa shape index (κ2) is 7.59. The largest absolute Gasteiger partial charge is 0.351 e. The predicted octanol–water partition coefficient (Wildman–Crippen LogP) is 2.36. The van der Waals surface area contributed by atoms with Crippen molar-refractivity contribution in [3.8, 4) is 0 Å². The Morgan fingerprint density at radius 1 is 1.04 bits per heavy atom. The van der Waals surface area contributed by atoms with E-state index in [1.54, 1.807) is 12.1 Å². The van der Waals surface area contributed by atoms with Crippen LogP contribution in [-0.2, 0) is 10.0 Å². The van der Waals surface area contributed by atoms with E-state index in [1.165, 1.54) is 24.3 Å². The Bertz CT molecular complexity index is 789. The molecule has 122 valence electrons. The Kier molecular flexibility index (Phi) is 5.76. The minimum atomic E-state index is -3.61. The molecule has 0 saturated heterocycles. The summed E-state index contributed by atoms with van der Waals surface area (Å²) in [6.07, 6.45) is 0. The molecule has 0 aromatic heterocycles. The van der Waals surface area contributed by atoms with E-state index in [4.69, 9.17) is 11.6 Å². The SMILES string of the molecule is Cc1ccccc1C(=O)NCCNS(=O)(=O)c1ccc(Cl)cc1. The molecule has 1 amide bonds. The quantitative estimate of drug-likeness (QED) is 0.784. The van der Waals surface area contributed by atoms with Crippen LogP contribution in [0.5, 0.6) is 0 Å². The maximum Gasteiger partial charge on any atom is 0.251 e. The van der Waals surface area contributed by atoms with Gasteiger partial charge in [0.1, 0.15) is 0 Å². The van der Waals surface area contributed by atoms with Gasteiger partial charge in [0.2, 0.25) is 10.0 Å². The lowest BCUT2D eigenvalue weighted by Crippen LogP contribution is -2.34. The van der Waals surface area contributed by atoms with Crippen molar-refractivity contribution in [2.75, 3.05) is 13.1 Å². The van der Waals surface area contributed by atoms with E-state index in [2.05, 4.69) is 10.0 Å². The second-order valence-corrected chi connectivity index (χ2v) is 7.13. The summed E-state index contributed by atoms with van der Waals surface area (Å²) in [6.45, 7) is 2.14. The van der Waals surface area contributed by atoms with Gasteiger partial charge >= 0.3 is 0 Å². The number of benzene rings is 2. The highest BCUT2D eigenvalue weighted by atomic mass is 35.5. The van der Waals surface area contributed by atoms with Crippen LogP contribution in [0.2, 0.25) is 5.02 Å². The fourth-order valence-electron chi connectivity index (χ4n) is 1.98. The van der Waals surface area contributed by atoms with Gasteiger partial charge in [0.15, 0.2) is 0 Å². The second-order valence-electron chi connectivity index (χ2n) is 4.92. The first kappa shape index (κ1) is 17.5. The Balaban J connectivity index is 1.86. The van der Waals surface area contributed by atoms with Crippen LogP contribution in [0.1, 0.15) is 15.9 Å². The van der Waals surface area contributed by atoms with E-state index in [1.807, 2.05) is 19.1 Å². The summed E-state index contributed by atoms with van der Waals surface area (Å²) in [7, 11) is -3.61. The van der Waals surface area contributed by atoms with Gasteiger partial charge in [-0.3, -0.25) is 4.79 Å². The Morgan fingerprint density at radius 2 is 1.70 bits per heavy atom. The lowest BCUT2D eigenvalue weighted by molar-refractivity contribution is 0.0953. The number of halogens is 1. The van der Waals surface area contributed by atoms with Crippen LogP contribution in [0.4, 0.5) is 0 Å². The van der Waals surface area contributed by atoms with E-state index in [0.717, 1.165) is 5.56 Å². The number of aryl methyl sites for hydroxylation is 1. The predicted molar refractivity (Wildman–Crippen MR) is 90.2 cm³/mol. The molecule has 2 rings (SSSR count). The number of rotatable bonds is 6. The maximum atomic E-state index is 12.0. The molecule has 0 bridgehead atoms. The van der Waals surface area contributed by atoms with Crippen LogP contribution in [-0.4, -0.2) is 27.4 Å². The fraction of sp³-hybridized carbons (Fsp3) is 0.188. The summed E-state index contributed by atoms with van der Waals surface area (Å²) in [5, 5.41) is 3.15. The molecule has 0 radical (unpaired) electrons. The zero-order valence-electron chi connectivity index (χ0n) is 12.5. The molecule has 0 heterocycles. The number of nitrogens with one attached hydrogen (secondary N) is 2. The van der Waals surface area contributed by atoms with Crippen LogP contribution in [0.3, 0.4) is 0 Å². The molecule has 23 heavy (non-hydrogen) atoms. The highest BCUT2D eigenvalue weighted by Crippen LogP contribution is 2.13. The van der Waals surface area contributed by atoms with Gasteiger partial charge in [-0.15, -0.1) is 0 Å². The number of hydrogen-bond acceptors (Lipinski definition) is 3. The van der Waals surface area contributed by atoms with E-state index in [9.17, 15) is 13.2 Å². The van der Waals surface area contributed by atoms with Crippen molar-refractivity contribution in [1.29, 1.82) is 0 Å². The summed E-state index contributed by atoms with van der Waals surface area (Å²) < 4.78 is 26.5. The fourth-order valence-corrected chi connectivity index (χ4v) is 3.14. The topological polar surface area (TPSA) is 75.3 Å². The summed E-state index contributed by atoms with van der Waals surface area (Å²) in [6, 6.07) is 13.1. The highest BCUT2D eigenvalue weighted by Gasteiger charge is 2.13. The number of carbonyl (C=O) groups excluding carboxylic acids is 1. The molecule has 5 nitrogen and oxygen atoms in total. The van der Waals surface area contributed by atoms with E-state index in [0.29, 0.717) is 10.6 Å². The number of sulfonamides is 1. The van der Waals surface area contributed by atoms with Crippen molar-refractivity contribution in [3.63, 3.8) is 0 Å². The zero-order chi connectivity index (χ0) is 16.9. The van der Waals surface area contributed by atoms with Gasteiger partial charge in [-0.25, -0.2) is 13.1 Å². The van der Waals surface area contributed by atoms with Gasteiger partial charge in [0, 0.05) is 23.7 Å². The minimum absolute atomic E-state index is 0.0998. The molecule has 0 saturated carbocycles. The molecule has 0 fully saturated rings. The van der Waals surface area contributed by atoms with Crippen molar-refractivity contribution in [2.45, 2.75) is 11.8 Å². The average molecular weight is 353 g/mol. The molecule has 0 aliphatic carbocycles. The van der Waals surface area contributed by atoms with Crippen molar-refractivity contribution in [3.05, 3.63) is 64.7 Å². The average Bonchev–Trinajstić information content (AvgIpc) is 2.52. The normalized spacial score (nSPS) is 11.2. The summed E-state index contributed by atoms with van der Waals surface area (Å²) in [4.78, 5) is 12.1. The monoisotopic (exact) mass is 352 g/mol. The van der Waals surface area contributed by atoms with Crippen LogP contribution in [0.15, 0.2) is 53.4 Å². The third kappa shape index (κ3) is 4.79. The molecular formula is C16H17ClN2O3S. The van der Waals surface area contributed by atoms with E-state index < -0.39 is 10.0 Å². The van der Waals surface area contributed by atoms with Gasteiger partial charge in [0.25, 0.3) is 5.91 Å². The molecule has 2 N–H and O–H groups in total.